The molecule has 0 unspecified atom stereocenters. The van der Waals surface area contributed by atoms with Crippen LogP contribution in [0, 0.1) is 11.8 Å². The molecule has 3 N–H and O–H groups in total. The van der Waals surface area contributed by atoms with Crippen molar-refractivity contribution in [3.8, 4) is 0 Å². The summed E-state index contributed by atoms with van der Waals surface area (Å²) >= 11 is 0. The van der Waals surface area contributed by atoms with E-state index in [1.165, 1.54) is 10.8 Å². The van der Waals surface area contributed by atoms with Gasteiger partial charge in [0.2, 0.25) is 0 Å². The summed E-state index contributed by atoms with van der Waals surface area (Å²) in [5.74, 6) is -1.14. The van der Waals surface area contributed by atoms with Crippen LogP contribution in [0.3, 0.4) is 0 Å². The van der Waals surface area contributed by atoms with Gasteiger partial charge in [-0.2, -0.15) is 31.0 Å². The van der Waals surface area contributed by atoms with E-state index in [0.717, 1.165) is 24.0 Å². The van der Waals surface area contributed by atoms with Gasteiger partial charge in [0.05, 0.1) is 5.56 Å². The fourth-order valence-corrected chi connectivity index (χ4v) is 5.11. The van der Waals surface area contributed by atoms with Gasteiger partial charge in [-0.3, -0.25) is 0 Å². The molecule has 2 aliphatic carbocycles. The van der Waals surface area contributed by atoms with E-state index in [2.05, 4.69) is 4.72 Å². The summed E-state index contributed by atoms with van der Waals surface area (Å²) in [5, 5.41) is 9.13. The number of carbonyl (C=O) groups is 1. The van der Waals surface area contributed by atoms with Crippen LogP contribution in [0.25, 0.3) is 0 Å². The first-order valence-corrected chi connectivity index (χ1v) is 9.71. The Labute approximate surface area is 149 Å². The van der Waals surface area contributed by atoms with Gasteiger partial charge in [-0.25, -0.2) is 4.79 Å². The van der Waals surface area contributed by atoms with Gasteiger partial charge in [-0.15, -0.1) is 0 Å². The number of benzene rings is 1. The number of alkyl halides is 3. The van der Waals surface area contributed by atoms with Gasteiger partial charge < -0.3 is 5.11 Å². The third-order valence-electron chi connectivity index (χ3n) is 5.10. The molecule has 0 saturated heterocycles. The Morgan fingerprint density at radius 1 is 1.15 bits per heavy atom. The normalized spacial score (nSPS) is 25.6. The largest absolute Gasteiger partial charge is 0.478 e. The highest BCUT2D eigenvalue weighted by atomic mass is 32.2. The molecule has 1 fully saturated rings. The Balaban J connectivity index is 1.77. The fraction of sp³-hybridized carbons (Fsp3) is 0.562. The lowest BCUT2D eigenvalue weighted by Crippen LogP contribution is -2.49. The molecule has 1 aromatic rings. The van der Waals surface area contributed by atoms with Gasteiger partial charge in [-0.1, -0.05) is 6.07 Å². The van der Waals surface area contributed by atoms with E-state index >= 15 is 0 Å². The standard InChI is InChI=1S/C16H19F3N2O4S/c17-16(18,19)8-20-26(24,25)21-14-10-2-3-11(14)6-13-7-12(15(22)23)4-1-9(13)5-10/h1,4,7,10-11,14,20-21H,2-3,5-6,8H2,(H,22,23)/t10-,11+,14-/m1/s1. The molecule has 26 heavy (non-hydrogen) atoms. The Morgan fingerprint density at radius 3 is 2.35 bits per heavy atom. The van der Waals surface area contributed by atoms with Gasteiger partial charge in [0.15, 0.2) is 0 Å². The number of carboxylic acids is 1. The maximum atomic E-state index is 12.3. The zero-order chi connectivity index (χ0) is 19.1. The first-order chi connectivity index (χ1) is 12.0. The number of hydrogen-bond acceptors (Lipinski definition) is 3. The van der Waals surface area contributed by atoms with Crippen LogP contribution in [0.15, 0.2) is 18.2 Å². The van der Waals surface area contributed by atoms with Crippen molar-refractivity contribution in [2.75, 3.05) is 6.54 Å². The van der Waals surface area contributed by atoms with Crippen LogP contribution in [0.1, 0.15) is 34.3 Å². The predicted molar refractivity (Wildman–Crippen MR) is 86.9 cm³/mol. The number of aromatic carboxylic acids is 1. The summed E-state index contributed by atoms with van der Waals surface area (Å²) in [6, 6.07) is 4.39. The minimum Gasteiger partial charge on any atom is -0.478 e. The van der Waals surface area contributed by atoms with Crippen LogP contribution in [-0.2, 0) is 23.1 Å². The third-order valence-corrected chi connectivity index (χ3v) is 6.20. The fourth-order valence-electron chi connectivity index (χ4n) is 3.93. The van der Waals surface area contributed by atoms with E-state index in [4.69, 9.17) is 5.11 Å². The van der Waals surface area contributed by atoms with Gasteiger partial charge >= 0.3 is 12.1 Å². The maximum Gasteiger partial charge on any atom is 0.402 e. The second kappa shape index (κ2) is 6.82. The highest BCUT2D eigenvalue weighted by Gasteiger charge is 2.41. The molecule has 1 saturated carbocycles. The Morgan fingerprint density at radius 2 is 1.77 bits per heavy atom. The summed E-state index contributed by atoms with van der Waals surface area (Å²) in [6.07, 6.45) is -2.04. The van der Waals surface area contributed by atoms with Crippen LogP contribution >= 0.6 is 0 Å². The minimum absolute atomic E-state index is 0.0283. The third kappa shape index (κ3) is 4.36. The lowest BCUT2D eigenvalue weighted by Gasteiger charge is -2.23. The first kappa shape index (κ1) is 19.1. The van der Waals surface area contributed by atoms with Crippen LogP contribution in [0.5, 0.6) is 0 Å². The number of halogens is 3. The Bertz CT molecular complexity index is 810. The maximum absolute atomic E-state index is 12.3. The summed E-state index contributed by atoms with van der Waals surface area (Å²) in [4.78, 5) is 11.1. The van der Waals surface area contributed by atoms with Crippen molar-refractivity contribution < 1.29 is 31.5 Å². The van der Waals surface area contributed by atoms with Gasteiger partial charge in [0.25, 0.3) is 10.2 Å². The van der Waals surface area contributed by atoms with Crippen molar-refractivity contribution in [3.05, 3.63) is 34.9 Å². The topological polar surface area (TPSA) is 95.5 Å². The van der Waals surface area contributed by atoms with E-state index in [1.807, 2.05) is 0 Å². The second-order valence-electron chi connectivity index (χ2n) is 6.88. The smallest absolute Gasteiger partial charge is 0.402 e. The second-order valence-corrected chi connectivity index (χ2v) is 8.41. The number of hydrogen-bond donors (Lipinski definition) is 3. The predicted octanol–water partition coefficient (Wildman–Crippen LogP) is 1.86. The number of carboxylic acid groups (broad SMARTS) is 1. The summed E-state index contributed by atoms with van der Waals surface area (Å²) in [7, 11) is -4.28. The van der Waals surface area contributed by atoms with Crippen molar-refractivity contribution in [1.82, 2.24) is 9.44 Å². The summed E-state index contributed by atoms with van der Waals surface area (Å²) in [5.41, 5.74) is 2.00. The molecule has 2 bridgehead atoms. The molecule has 0 spiro atoms. The van der Waals surface area contributed by atoms with Crippen LogP contribution in [0.4, 0.5) is 13.2 Å². The Kier molecular flexibility index (Phi) is 5.02. The average Bonchev–Trinajstić information content (AvgIpc) is 2.79. The molecule has 144 valence electrons. The Hall–Kier alpha value is -1.65. The molecular formula is C16H19F3N2O4S. The van der Waals surface area contributed by atoms with Crippen LogP contribution in [0.2, 0.25) is 0 Å². The number of nitrogens with one attached hydrogen (secondary N) is 2. The number of fused-ring (bicyclic) bond motifs is 3. The van der Waals surface area contributed by atoms with Gasteiger partial charge in [-0.05, 0) is 60.8 Å². The van der Waals surface area contributed by atoms with Gasteiger partial charge in [0, 0.05) is 6.04 Å². The van der Waals surface area contributed by atoms with E-state index in [0.29, 0.717) is 12.8 Å². The lowest BCUT2D eigenvalue weighted by atomic mass is 9.92. The first-order valence-electron chi connectivity index (χ1n) is 8.23. The SMILES string of the molecule is O=C(O)c1ccc2c(c1)C[C@@H]1CC[C@H](C2)[C@H]1NS(=O)(=O)NCC(F)(F)F. The van der Waals surface area contributed by atoms with E-state index in [1.54, 1.807) is 12.1 Å². The average molecular weight is 392 g/mol. The van der Waals surface area contributed by atoms with Gasteiger partial charge in [0.1, 0.15) is 6.54 Å². The van der Waals surface area contributed by atoms with Crippen molar-refractivity contribution in [2.45, 2.75) is 37.9 Å². The lowest BCUT2D eigenvalue weighted by molar-refractivity contribution is -0.121. The molecule has 0 heterocycles. The molecular weight excluding hydrogens is 373 g/mol. The molecule has 0 amide bonds. The molecule has 3 atom stereocenters. The van der Waals surface area contributed by atoms with Crippen molar-refractivity contribution in [2.24, 2.45) is 11.8 Å². The van der Waals surface area contributed by atoms with Crippen molar-refractivity contribution >= 4 is 16.2 Å². The zero-order valence-electron chi connectivity index (χ0n) is 13.7. The summed E-state index contributed by atoms with van der Waals surface area (Å²) in [6.45, 7) is -1.62. The highest BCUT2D eigenvalue weighted by molar-refractivity contribution is 7.87. The number of rotatable bonds is 5. The molecule has 1 aromatic carbocycles. The highest BCUT2D eigenvalue weighted by Crippen LogP contribution is 2.40. The molecule has 6 nitrogen and oxygen atoms in total. The molecule has 3 rings (SSSR count). The molecule has 10 heteroatoms. The quantitative estimate of drug-likeness (QED) is 0.713. The van der Waals surface area contributed by atoms with Crippen molar-refractivity contribution in [3.63, 3.8) is 0 Å². The van der Waals surface area contributed by atoms with Crippen molar-refractivity contribution in [1.29, 1.82) is 0 Å². The van der Waals surface area contributed by atoms with E-state index in [9.17, 15) is 26.4 Å². The van der Waals surface area contributed by atoms with Crippen LogP contribution < -0.4 is 9.44 Å². The zero-order valence-corrected chi connectivity index (χ0v) is 14.5. The van der Waals surface area contributed by atoms with E-state index in [-0.39, 0.29) is 17.4 Å². The summed E-state index contributed by atoms with van der Waals surface area (Å²) < 4.78 is 64.7. The molecule has 0 radical (unpaired) electrons. The monoisotopic (exact) mass is 392 g/mol. The molecule has 2 aliphatic rings. The molecule has 0 aromatic heterocycles. The molecule has 0 aliphatic heterocycles. The van der Waals surface area contributed by atoms with Crippen LogP contribution in [-0.4, -0.2) is 38.3 Å². The van der Waals surface area contributed by atoms with E-state index < -0.39 is 34.9 Å². The minimum atomic E-state index is -4.62.